The maximum atomic E-state index is 8.24. The van der Waals surface area contributed by atoms with Gasteiger partial charge in [0.1, 0.15) is 0 Å². The molecule has 0 saturated heterocycles. The van der Waals surface area contributed by atoms with E-state index < -0.39 is 9.20 Å². The predicted molar refractivity (Wildman–Crippen MR) is 22.6 cm³/mol. The molecule has 0 bridgehead atoms. The molecule has 0 aliphatic heterocycles. The summed E-state index contributed by atoms with van der Waals surface area (Å²) in [5.74, 6) is 0. The van der Waals surface area contributed by atoms with Gasteiger partial charge in [0, 0.05) is 0 Å². The van der Waals surface area contributed by atoms with Crippen LogP contribution in [0.1, 0.15) is 6.92 Å². The van der Waals surface area contributed by atoms with Crippen molar-refractivity contribution < 1.29 is 4.80 Å². The zero-order valence-electron chi connectivity index (χ0n) is 3.23. The Morgan fingerprint density at radius 2 is 2.20 bits per heavy atom. The van der Waals surface area contributed by atoms with Crippen molar-refractivity contribution >= 4 is 9.20 Å². The number of hydrogen-bond donors (Lipinski definition) is 2. The minimum absolute atomic E-state index is 0.741. The average Bonchev–Trinajstić information content (AvgIpc) is 1.38. The normalized spacial score (nSPS) is 9.60. The van der Waals surface area contributed by atoms with Crippen molar-refractivity contribution in [2.75, 3.05) is 0 Å². The van der Waals surface area contributed by atoms with E-state index in [0.717, 1.165) is 6.04 Å². The highest BCUT2D eigenvalue weighted by Crippen LogP contribution is 1.69. The molecule has 0 aromatic heterocycles. The van der Waals surface area contributed by atoms with E-state index in [-0.39, 0.29) is 0 Å². The molecule has 0 saturated carbocycles. The zero-order valence-corrected chi connectivity index (χ0v) is 4.23. The van der Waals surface area contributed by atoms with Gasteiger partial charge in [-0.2, -0.15) is 0 Å². The maximum Gasteiger partial charge on any atom is 0.296 e. The first-order valence-electron chi connectivity index (χ1n) is 1.57. The molecule has 0 heterocycles. The van der Waals surface area contributed by atoms with E-state index >= 15 is 0 Å². The van der Waals surface area contributed by atoms with Gasteiger partial charge in [-0.3, -0.25) is 0 Å². The highest BCUT2D eigenvalue weighted by atomic mass is 28.3. The molecule has 31 valence electrons. The Morgan fingerprint density at radius 1 is 2.00 bits per heavy atom. The summed E-state index contributed by atoms with van der Waals surface area (Å²) >= 11 is 0. The van der Waals surface area contributed by atoms with E-state index in [1.54, 1.807) is 0 Å². The van der Waals surface area contributed by atoms with Crippen molar-refractivity contribution in [2.24, 2.45) is 5.40 Å². The first-order chi connectivity index (χ1) is 2.27. The van der Waals surface area contributed by atoms with E-state index in [1.165, 1.54) is 0 Å². The van der Waals surface area contributed by atoms with E-state index in [1.807, 2.05) is 6.92 Å². The van der Waals surface area contributed by atoms with Crippen LogP contribution in [0.15, 0.2) is 0 Å². The van der Waals surface area contributed by atoms with E-state index in [2.05, 4.69) is 0 Å². The van der Waals surface area contributed by atoms with E-state index in [9.17, 15) is 0 Å². The van der Waals surface area contributed by atoms with Crippen LogP contribution in [0.4, 0.5) is 0 Å². The molecule has 0 fully saturated rings. The van der Waals surface area contributed by atoms with Crippen LogP contribution in [0.3, 0.4) is 0 Å². The second kappa shape index (κ2) is 2.38. The van der Waals surface area contributed by atoms with E-state index in [0.29, 0.717) is 0 Å². The van der Waals surface area contributed by atoms with Crippen LogP contribution in [-0.2, 0) is 0 Å². The lowest BCUT2D eigenvalue weighted by molar-refractivity contribution is 0.572. The van der Waals surface area contributed by atoms with Crippen molar-refractivity contribution in [1.82, 2.24) is 0 Å². The summed E-state index contributed by atoms with van der Waals surface area (Å²) in [4.78, 5) is 8.24. The number of nitrogens with two attached hydrogens (primary N) is 1. The molecule has 3 N–H and O–H groups in total. The second-order valence-electron chi connectivity index (χ2n) is 0.845. The van der Waals surface area contributed by atoms with Crippen molar-refractivity contribution in [1.29, 1.82) is 0 Å². The van der Waals surface area contributed by atoms with Gasteiger partial charge in [-0.15, -0.1) is 0 Å². The molecule has 0 rings (SSSR count). The van der Waals surface area contributed by atoms with Gasteiger partial charge in [0.15, 0.2) is 0 Å². The zero-order chi connectivity index (χ0) is 4.28. The van der Waals surface area contributed by atoms with Gasteiger partial charge in [0.2, 0.25) is 0 Å². The van der Waals surface area contributed by atoms with Crippen LogP contribution >= 0.6 is 0 Å². The highest BCUT2D eigenvalue weighted by Gasteiger charge is 1.89. The van der Waals surface area contributed by atoms with Crippen molar-refractivity contribution in [3.63, 3.8) is 0 Å². The largest absolute Gasteiger partial charge is 0.419 e. The Labute approximate surface area is 33.4 Å². The van der Waals surface area contributed by atoms with Gasteiger partial charge in [-0.1, -0.05) is 6.92 Å². The quantitative estimate of drug-likeness (QED) is 0.424. The molecule has 0 amide bonds. The lowest BCUT2D eigenvalue weighted by Crippen LogP contribution is -2.22. The van der Waals surface area contributed by atoms with Crippen LogP contribution in [0.25, 0.3) is 0 Å². The van der Waals surface area contributed by atoms with Crippen LogP contribution in [0.5, 0.6) is 0 Å². The highest BCUT2D eigenvalue weighted by molar-refractivity contribution is 6.46. The minimum Gasteiger partial charge on any atom is -0.419 e. The fraction of sp³-hybridized carbons (Fsp3) is 1.00. The first kappa shape index (κ1) is 5.14. The van der Waals surface area contributed by atoms with Gasteiger partial charge in [0.25, 0.3) is 9.20 Å². The van der Waals surface area contributed by atoms with Crippen LogP contribution in [0, 0.1) is 0 Å². The Kier molecular flexibility index (Phi) is 2.44. The molecule has 0 spiro atoms. The van der Waals surface area contributed by atoms with Gasteiger partial charge in [-0.05, 0) is 6.04 Å². The number of rotatable bonds is 1. The molecule has 0 aliphatic carbocycles. The average molecular weight is 90.2 g/mol. The monoisotopic (exact) mass is 90.0 g/mol. The third-order valence-corrected chi connectivity index (χ3v) is 1.09. The Balaban J connectivity index is 2.54. The van der Waals surface area contributed by atoms with Crippen molar-refractivity contribution in [3.8, 4) is 0 Å². The Hall–Kier alpha value is 0.137. The van der Waals surface area contributed by atoms with Crippen LogP contribution < -0.4 is 5.40 Å². The van der Waals surface area contributed by atoms with Crippen molar-refractivity contribution in [3.05, 3.63) is 0 Å². The smallest absolute Gasteiger partial charge is 0.296 e. The van der Waals surface area contributed by atoms with Crippen LogP contribution in [-0.4, -0.2) is 14.0 Å². The van der Waals surface area contributed by atoms with E-state index in [4.69, 9.17) is 10.2 Å². The summed E-state index contributed by atoms with van der Waals surface area (Å²) in [7, 11) is -1.37. The fourth-order valence-electron chi connectivity index (χ4n) is 0. The summed E-state index contributed by atoms with van der Waals surface area (Å²) in [6.07, 6.45) is 0. The molecule has 0 unspecified atom stereocenters. The SMILES string of the molecule is CC[Si](N)O. The first-order valence-corrected chi connectivity index (χ1v) is 3.30. The predicted octanol–water partition coefficient (Wildman–Crippen LogP) is -0.555. The van der Waals surface area contributed by atoms with Gasteiger partial charge in [-0.25, -0.2) is 0 Å². The molecule has 1 radical (unpaired) electrons. The summed E-state index contributed by atoms with van der Waals surface area (Å²) in [6, 6.07) is 0.741. The maximum absolute atomic E-state index is 8.24. The topological polar surface area (TPSA) is 46.2 Å². The summed E-state index contributed by atoms with van der Waals surface area (Å²) < 4.78 is 0. The minimum atomic E-state index is -1.37. The molecular weight excluding hydrogens is 82.1 g/mol. The molecule has 0 aromatic carbocycles. The number of hydrogen-bond acceptors (Lipinski definition) is 2. The lowest BCUT2D eigenvalue weighted by Gasteiger charge is -1.85. The Bertz CT molecular complexity index is 23.6. The van der Waals surface area contributed by atoms with Crippen molar-refractivity contribution in [2.45, 2.75) is 13.0 Å². The molecule has 0 aromatic rings. The summed E-state index contributed by atoms with van der Waals surface area (Å²) in [6.45, 7) is 1.87. The molecule has 3 heteroatoms. The van der Waals surface area contributed by atoms with Gasteiger partial charge < -0.3 is 10.2 Å². The second-order valence-corrected chi connectivity index (χ2v) is 2.53. The Morgan fingerprint density at radius 3 is 2.20 bits per heavy atom. The van der Waals surface area contributed by atoms with Crippen LogP contribution in [0.2, 0.25) is 6.04 Å². The standard InChI is InChI=1S/C2H8NOSi/c1-2-5(3)4/h4H,2-3H2,1H3. The van der Waals surface area contributed by atoms with Gasteiger partial charge >= 0.3 is 0 Å². The third kappa shape index (κ3) is 4.14. The molecule has 0 aliphatic rings. The third-order valence-electron chi connectivity index (χ3n) is 0.362. The lowest BCUT2D eigenvalue weighted by atomic mass is 11.0. The molecule has 2 nitrogen and oxygen atoms in total. The summed E-state index contributed by atoms with van der Waals surface area (Å²) in [5, 5.41) is 4.95. The van der Waals surface area contributed by atoms with Gasteiger partial charge in [0.05, 0.1) is 0 Å². The molecular formula is C2H8NOSi. The molecule has 5 heavy (non-hydrogen) atoms. The fourth-order valence-corrected chi connectivity index (χ4v) is 0. The summed E-state index contributed by atoms with van der Waals surface area (Å²) in [5.41, 5.74) is 0. The molecule has 0 atom stereocenters.